The monoisotopic (exact) mass is 242 g/mol. The van der Waals surface area contributed by atoms with Crippen molar-refractivity contribution < 1.29 is 19.1 Å². The summed E-state index contributed by atoms with van der Waals surface area (Å²) in [7, 11) is 1.30. The molecule has 86 valence electrons. The highest BCUT2D eigenvalue weighted by Gasteiger charge is 2.08. The predicted octanol–water partition coefficient (Wildman–Crippen LogP) is 2.09. The maximum absolute atomic E-state index is 10.8. The van der Waals surface area contributed by atoms with Crippen LogP contribution in [0.4, 0.5) is 0 Å². The minimum atomic E-state index is -0.366. The summed E-state index contributed by atoms with van der Waals surface area (Å²) < 4.78 is 9.72. The van der Waals surface area contributed by atoms with E-state index in [1.165, 1.54) is 7.11 Å². The van der Waals surface area contributed by atoms with Gasteiger partial charge < -0.3 is 9.47 Å². The Morgan fingerprint density at radius 1 is 1.50 bits per heavy atom. The number of hydrogen-bond acceptors (Lipinski definition) is 4. The maximum Gasteiger partial charge on any atom is 0.308 e. The van der Waals surface area contributed by atoms with Crippen molar-refractivity contribution in [1.82, 2.24) is 0 Å². The minimum absolute atomic E-state index is 0.126. The lowest BCUT2D eigenvalue weighted by atomic mass is 10.2. The van der Waals surface area contributed by atoms with E-state index >= 15 is 0 Å². The van der Waals surface area contributed by atoms with Gasteiger partial charge in [0.1, 0.15) is 5.75 Å². The molecule has 0 amide bonds. The number of carbonyl (C=O) groups excluding carboxylic acids is 2. The second kappa shape index (κ2) is 6.12. The topological polar surface area (TPSA) is 52.6 Å². The van der Waals surface area contributed by atoms with Gasteiger partial charge >= 0.3 is 5.97 Å². The Labute approximate surface area is 98.1 Å². The molecule has 0 aliphatic rings. The number of benzene rings is 1. The lowest BCUT2D eigenvalue weighted by molar-refractivity contribution is -0.141. The highest BCUT2D eigenvalue weighted by molar-refractivity contribution is 6.33. The summed E-state index contributed by atoms with van der Waals surface area (Å²) in [4.78, 5) is 21.6. The van der Waals surface area contributed by atoms with Gasteiger partial charge in [-0.15, -0.1) is 0 Å². The van der Waals surface area contributed by atoms with Crippen molar-refractivity contribution in [3.05, 3.63) is 28.8 Å². The fourth-order valence-electron chi connectivity index (χ4n) is 1.10. The molecular weight excluding hydrogens is 232 g/mol. The Hall–Kier alpha value is -1.55. The van der Waals surface area contributed by atoms with Gasteiger partial charge in [-0.25, -0.2) is 0 Å². The van der Waals surface area contributed by atoms with Gasteiger partial charge in [0, 0.05) is 0 Å². The van der Waals surface area contributed by atoms with E-state index in [1.54, 1.807) is 18.2 Å². The quantitative estimate of drug-likeness (QED) is 0.586. The fraction of sp³-hybridized carbons (Fsp3) is 0.273. The van der Waals surface area contributed by atoms with Crippen molar-refractivity contribution >= 4 is 23.9 Å². The molecule has 4 nitrogen and oxygen atoms in total. The lowest BCUT2D eigenvalue weighted by Crippen LogP contribution is -2.08. The van der Waals surface area contributed by atoms with Crippen LogP contribution in [0.15, 0.2) is 18.2 Å². The van der Waals surface area contributed by atoms with E-state index in [0.717, 1.165) is 0 Å². The maximum atomic E-state index is 10.8. The first-order valence-electron chi connectivity index (χ1n) is 4.62. The van der Waals surface area contributed by atoms with Crippen molar-refractivity contribution in [1.29, 1.82) is 0 Å². The summed E-state index contributed by atoms with van der Waals surface area (Å²) in [6.45, 7) is 0.147. The molecule has 0 aliphatic heterocycles. The molecule has 0 saturated carbocycles. The number of aldehydes is 1. The third kappa shape index (κ3) is 3.24. The first kappa shape index (κ1) is 12.5. The van der Waals surface area contributed by atoms with Gasteiger partial charge in [-0.1, -0.05) is 17.7 Å². The third-order valence-corrected chi connectivity index (χ3v) is 2.25. The summed E-state index contributed by atoms with van der Waals surface area (Å²) in [5.74, 6) is 0.00100. The molecule has 0 aromatic heterocycles. The van der Waals surface area contributed by atoms with Crippen LogP contribution in [-0.2, 0) is 9.53 Å². The number of ether oxygens (including phenoxy) is 2. The Morgan fingerprint density at radius 2 is 2.25 bits per heavy atom. The molecule has 0 atom stereocenters. The van der Waals surface area contributed by atoms with E-state index < -0.39 is 0 Å². The zero-order chi connectivity index (χ0) is 12.0. The van der Waals surface area contributed by atoms with Crippen LogP contribution in [0.2, 0.25) is 5.02 Å². The predicted molar refractivity (Wildman–Crippen MR) is 59.0 cm³/mol. The molecule has 0 fully saturated rings. The summed E-state index contributed by atoms with van der Waals surface area (Å²) in [5, 5.41) is 0.325. The van der Waals surface area contributed by atoms with Crippen LogP contribution >= 0.6 is 11.6 Å². The zero-order valence-corrected chi connectivity index (χ0v) is 9.49. The van der Waals surface area contributed by atoms with Gasteiger partial charge in [-0.05, 0) is 12.1 Å². The molecule has 0 bridgehead atoms. The first-order valence-corrected chi connectivity index (χ1v) is 5.00. The molecule has 1 rings (SSSR count). The summed E-state index contributed by atoms with van der Waals surface area (Å²) in [6.07, 6.45) is 0.747. The minimum Gasteiger partial charge on any atom is -0.492 e. The van der Waals surface area contributed by atoms with Gasteiger partial charge in [0.2, 0.25) is 0 Å². The second-order valence-corrected chi connectivity index (χ2v) is 3.35. The zero-order valence-electron chi connectivity index (χ0n) is 8.73. The van der Waals surface area contributed by atoms with Gasteiger partial charge in [0.15, 0.2) is 6.29 Å². The standard InChI is InChI=1S/C11H11ClO4/c1-15-11(14)5-6-16-10-4-2-3-9(12)8(10)7-13/h2-4,7H,5-6H2,1H3. The smallest absolute Gasteiger partial charge is 0.308 e. The molecule has 1 aromatic carbocycles. The van der Waals surface area contributed by atoms with E-state index in [0.29, 0.717) is 17.1 Å². The van der Waals surface area contributed by atoms with E-state index in [9.17, 15) is 9.59 Å². The van der Waals surface area contributed by atoms with E-state index in [4.69, 9.17) is 16.3 Å². The van der Waals surface area contributed by atoms with E-state index in [1.807, 2.05) is 0 Å². The molecule has 5 heteroatoms. The van der Waals surface area contributed by atoms with Crippen LogP contribution in [-0.4, -0.2) is 26.0 Å². The van der Waals surface area contributed by atoms with Crippen molar-refractivity contribution in [2.24, 2.45) is 0 Å². The van der Waals surface area contributed by atoms with Crippen LogP contribution in [0.3, 0.4) is 0 Å². The normalized spacial score (nSPS) is 9.62. The van der Waals surface area contributed by atoms with Gasteiger partial charge in [-0.3, -0.25) is 9.59 Å². The van der Waals surface area contributed by atoms with Crippen LogP contribution in [0, 0.1) is 0 Å². The number of methoxy groups -OCH3 is 1. The number of rotatable bonds is 5. The van der Waals surface area contributed by atoms with Gasteiger partial charge in [0.25, 0.3) is 0 Å². The Morgan fingerprint density at radius 3 is 2.88 bits per heavy atom. The largest absolute Gasteiger partial charge is 0.492 e. The second-order valence-electron chi connectivity index (χ2n) is 2.94. The highest BCUT2D eigenvalue weighted by atomic mass is 35.5. The molecule has 0 heterocycles. The average molecular weight is 243 g/mol. The van der Waals surface area contributed by atoms with Crippen molar-refractivity contribution in [3.8, 4) is 5.75 Å². The summed E-state index contributed by atoms with van der Waals surface area (Å²) in [5.41, 5.74) is 0.286. The Bertz CT molecular complexity index is 390. The van der Waals surface area contributed by atoms with Crippen molar-refractivity contribution in [2.75, 3.05) is 13.7 Å². The average Bonchev–Trinajstić information content (AvgIpc) is 2.29. The molecule has 1 aromatic rings. The van der Waals surface area contributed by atoms with Crippen LogP contribution < -0.4 is 4.74 Å². The van der Waals surface area contributed by atoms with Crippen LogP contribution in [0.5, 0.6) is 5.75 Å². The first-order chi connectivity index (χ1) is 7.69. The number of halogens is 1. The molecule has 0 N–H and O–H groups in total. The van der Waals surface area contributed by atoms with E-state index in [2.05, 4.69) is 4.74 Å². The molecular formula is C11H11ClO4. The van der Waals surface area contributed by atoms with Crippen molar-refractivity contribution in [3.63, 3.8) is 0 Å². The molecule has 0 spiro atoms. The van der Waals surface area contributed by atoms with Gasteiger partial charge in [-0.2, -0.15) is 0 Å². The molecule has 0 radical (unpaired) electrons. The Kier molecular flexibility index (Phi) is 4.79. The highest BCUT2D eigenvalue weighted by Crippen LogP contribution is 2.24. The summed E-state index contributed by atoms with van der Waals surface area (Å²) >= 11 is 5.80. The third-order valence-electron chi connectivity index (χ3n) is 1.92. The van der Waals surface area contributed by atoms with Gasteiger partial charge in [0.05, 0.1) is 30.7 Å². The number of esters is 1. The molecule has 0 aliphatic carbocycles. The van der Waals surface area contributed by atoms with E-state index in [-0.39, 0.29) is 24.6 Å². The SMILES string of the molecule is COC(=O)CCOc1cccc(Cl)c1C=O. The lowest BCUT2D eigenvalue weighted by Gasteiger charge is -2.08. The number of carbonyl (C=O) groups is 2. The summed E-state index contributed by atoms with van der Waals surface area (Å²) in [6, 6.07) is 4.88. The van der Waals surface area contributed by atoms with Crippen LogP contribution in [0.1, 0.15) is 16.8 Å². The molecule has 0 saturated heterocycles. The number of hydrogen-bond donors (Lipinski definition) is 0. The fourth-order valence-corrected chi connectivity index (χ4v) is 1.31. The Balaban J connectivity index is 2.63. The molecule has 0 unspecified atom stereocenters. The van der Waals surface area contributed by atoms with Crippen LogP contribution in [0.25, 0.3) is 0 Å². The van der Waals surface area contributed by atoms with Crippen molar-refractivity contribution in [2.45, 2.75) is 6.42 Å². The molecule has 16 heavy (non-hydrogen) atoms.